The largest absolute Gasteiger partial charge is 0.462 e. The number of hydrogen-bond acceptors (Lipinski definition) is 6. The van der Waals surface area contributed by atoms with Gasteiger partial charge in [0.1, 0.15) is 12.4 Å². The van der Waals surface area contributed by atoms with Gasteiger partial charge in [-0.3, -0.25) is 9.69 Å². The molecule has 8 rings (SSSR count). The molecule has 77 heavy (non-hydrogen) atoms. The minimum Gasteiger partial charge on any atom is -0.462 e. The van der Waals surface area contributed by atoms with Crippen LogP contribution in [0.3, 0.4) is 0 Å². The van der Waals surface area contributed by atoms with Gasteiger partial charge in [0.05, 0.1) is 18.1 Å². The van der Waals surface area contributed by atoms with Gasteiger partial charge in [0.2, 0.25) is 0 Å². The second kappa shape index (κ2) is 25.4. The molecule has 0 N–H and O–H groups in total. The van der Waals surface area contributed by atoms with Crippen LogP contribution in [0.4, 0.5) is 0 Å². The van der Waals surface area contributed by atoms with Crippen LogP contribution in [0.5, 0.6) is 0 Å². The maximum absolute atomic E-state index is 12.9. The lowest BCUT2D eigenvalue weighted by molar-refractivity contribution is -0.170. The Morgan fingerprint density at radius 2 is 1.35 bits per heavy atom. The zero-order valence-corrected chi connectivity index (χ0v) is 53.9. The van der Waals surface area contributed by atoms with Crippen molar-refractivity contribution in [1.29, 1.82) is 0 Å². The highest BCUT2D eigenvalue weighted by atomic mass is 28.4. The van der Waals surface area contributed by atoms with Crippen LogP contribution in [0, 0.1) is 116 Å². The minimum absolute atomic E-state index is 0.0241. The van der Waals surface area contributed by atoms with Gasteiger partial charge in [-0.2, -0.15) is 0 Å². The molecule has 15 unspecified atom stereocenters. The Balaban J connectivity index is 0.896. The van der Waals surface area contributed by atoms with Crippen LogP contribution in [0.15, 0.2) is 11.6 Å². The van der Waals surface area contributed by atoms with E-state index in [1.54, 1.807) is 5.57 Å². The predicted molar refractivity (Wildman–Crippen MR) is 323 cm³/mol. The number of rotatable bonds is 24. The summed E-state index contributed by atoms with van der Waals surface area (Å²) in [5.74, 6) is 13.3. The third kappa shape index (κ3) is 13.4. The van der Waals surface area contributed by atoms with Crippen molar-refractivity contribution in [1.82, 2.24) is 4.90 Å². The zero-order chi connectivity index (χ0) is 55.7. The Bertz CT molecular complexity index is 2000. The number of esters is 1. The van der Waals surface area contributed by atoms with E-state index in [2.05, 4.69) is 99.4 Å². The molecule has 0 amide bonds. The van der Waals surface area contributed by atoms with Crippen molar-refractivity contribution in [2.45, 2.75) is 282 Å². The summed E-state index contributed by atoms with van der Waals surface area (Å²) >= 11 is 0. The fourth-order valence-electron chi connectivity index (χ4n) is 20.7. The van der Waals surface area contributed by atoms with E-state index >= 15 is 0 Å². The Morgan fingerprint density at radius 1 is 0.740 bits per heavy atom. The second-order valence-electron chi connectivity index (χ2n) is 31.6. The summed E-state index contributed by atoms with van der Waals surface area (Å²) < 4.78 is 27.6. The Hall–Kier alpha value is -1.17. The number of hydrogen-bond donors (Lipinski definition) is 0. The predicted octanol–water partition coefficient (Wildman–Crippen LogP) is 18.3. The molecule has 0 aromatic heterocycles. The van der Waals surface area contributed by atoms with E-state index in [1.165, 1.54) is 122 Å². The Labute approximate surface area is 476 Å². The molecule has 7 saturated carbocycles. The van der Waals surface area contributed by atoms with Gasteiger partial charge < -0.3 is 18.3 Å². The normalized spacial score (nSPS) is 39.5. The number of carbonyl (C=O) groups is 1. The molecule has 0 heterocycles. The van der Waals surface area contributed by atoms with Gasteiger partial charge in [0, 0.05) is 6.61 Å². The number of allylic oxidation sites excluding steroid dienone is 1. The van der Waals surface area contributed by atoms with Crippen LogP contribution < -0.4 is 0 Å². The molecule has 6 nitrogen and oxygen atoms in total. The average molecular weight is 1080 g/mol. The smallest absolute Gasteiger partial charge is 0.333 e. The lowest BCUT2D eigenvalue weighted by Gasteiger charge is -2.61. The summed E-state index contributed by atoms with van der Waals surface area (Å²) in [7, 11) is -0.353. The van der Waals surface area contributed by atoms with Gasteiger partial charge in [-0.15, -0.1) is 6.42 Å². The number of fused-ring (bicyclic) bond motifs is 10. The summed E-state index contributed by atoms with van der Waals surface area (Å²) in [5, 5.41) is 0. The summed E-state index contributed by atoms with van der Waals surface area (Å²) in [5.41, 5.74) is 2.91. The molecule has 8 aliphatic carbocycles. The van der Waals surface area contributed by atoms with Gasteiger partial charge in [-0.05, 0) is 287 Å². The monoisotopic (exact) mass is 1080 g/mol. The van der Waals surface area contributed by atoms with Crippen LogP contribution in [0.1, 0.15) is 250 Å². The van der Waals surface area contributed by atoms with Gasteiger partial charge in [-0.1, -0.05) is 106 Å². The fraction of sp³-hybridized carbons (Fsp3) is 0.929. The molecule has 7 fully saturated rings. The Morgan fingerprint density at radius 3 is 2.00 bits per heavy atom. The van der Waals surface area contributed by atoms with Crippen molar-refractivity contribution in [3.8, 4) is 12.3 Å². The van der Waals surface area contributed by atoms with E-state index in [0.717, 1.165) is 130 Å². The zero-order valence-electron chi connectivity index (χ0n) is 52.9. The molecule has 0 aromatic carbocycles. The first-order valence-corrected chi connectivity index (χ1v) is 36.2. The molecule has 0 aliphatic heterocycles. The summed E-state index contributed by atoms with van der Waals surface area (Å²) in [4.78, 5) is 15.2. The minimum atomic E-state index is -2.48. The molecule has 8 aliphatic rings. The number of nitrogens with zero attached hydrogens (tertiary/aromatic N) is 1. The quantitative estimate of drug-likeness (QED) is 0.0240. The lowest BCUT2D eigenvalue weighted by Crippen LogP contribution is -2.54. The third-order valence-corrected chi connectivity index (χ3v) is 27.1. The number of terminal acetylenes is 1. The van der Waals surface area contributed by atoms with E-state index in [1.807, 2.05) is 20.8 Å². The lowest BCUT2D eigenvalue weighted by atomic mass is 9.44. The molecule has 0 saturated heterocycles. The van der Waals surface area contributed by atoms with Gasteiger partial charge >= 0.3 is 14.5 Å². The molecule has 0 spiro atoms. The van der Waals surface area contributed by atoms with Gasteiger partial charge in [0.25, 0.3) is 0 Å². The topological polar surface area (TPSA) is 57.2 Å². The van der Waals surface area contributed by atoms with Crippen molar-refractivity contribution in [2.75, 3.05) is 26.7 Å². The maximum Gasteiger partial charge on any atom is 0.333 e. The van der Waals surface area contributed by atoms with Crippen LogP contribution >= 0.6 is 0 Å². The van der Waals surface area contributed by atoms with Crippen LogP contribution in [-0.2, 0) is 23.1 Å². The molecule has 0 aromatic rings. The fourth-order valence-corrected chi connectivity index (χ4v) is 22.3. The average Bonchev–Trinajstić information content (AvgIpc) is 3.97. The molecule has 7 heteroatoms. The van der Waals surface area contributed by atoms with Crippen molar-refractivity contribution < 1.29 is 23.1 Å². The molecule has 19 atom stereocenters. The second-order valence-corrected chi connectivity index (χ2v) is 34.9. The highest BCUT2D eigenvalue weighted by molar-refractivity contribution is 6.64. The van der Waals surface area contributed by atoms with Crippen molar-refractivity contribution in [2.24, 2.45) is 104 Å². The van der Waals surface area contributed by atoms with Crippen LogP contribution in [0.2, 0.25) is 13.1 Å². The van der Waals surface area contributed by atoms with Crippen LogP contribution in [0.25, 0.3) is 0 Å². The van der Waals surface area contributed by atoms with Gasteiger partial charge in [-0.25, -0.2) is 0 Å². The van der Waals surface area contributed by atoms with Crippen molar-refractivity contribution in [3.63, 3.8) is 0 Å². The first-order chi connectivity index (χ1) is 36.4. The molecular weight excluding hydrogens is 963 g/mol. The molecular formula is C70H121NO5Si. The molecule has 0 radical (unpaired) electrons. The van der Waals surface area contributed by atoms with E-state index in [4.69, 9.17) is 24.7 Å². The van der Waals surface area contributed by atoms with Gasteiger partial charge in [0.15, 0.2) is 0 Å². The van der Waals surface area contributed by atoms with E-state index < -0.39 is 14.0 Å². The third-order valence-electron chi connectivity index (χ3n) is 25.4. The van der Waals surface area contributed by atoms with E-state index in [0.29, 0.717) is 33.5 Å². The standard InChI is InChI=1S/C70H121NO5Si/c1-17-43-71(14)44-21-19-20-22-45-73-77(15,16)76-64(34-24-50(6)59-31-33-61-57-29-27-53-47-55(75-65(72)66(7,8)9)36-40-68(53,11)63(57)38-42-70(59,61)13)74-54-35-39-67(10)52(46-54)26-28-56-60-32-30-58(69(60,12)41-37-62(56)67)49(5)23-25-51(18-2)48(3)4/h1,26,48-51,53-64H,18-25,27-47H2,2-16H3/t49?,50-,51?,53?,54?,55-,56?,57?,58?,59?,60?,61?,62?,63?,64?,67?,68+,69?,70-/m0/s1. The number of carbonyl (C=O) groups excluding carboxylic acids is 1. The summed E-state index contributed by atoms with van der Waals surface area (Å²) in [6.07, 6.45) is 41.5. The van der Waals surface area contributed by atoms with E-state index in [-0.39, 0.29) is 24.5 Å². The van der Waals surface area contributed by atoms with Crippen molar-refractivity contribution >= 4 is 14.5 Å². The van der Waals surface area contributed by atoms with Crippen LogP contribution in [-0.4, -0.2) is 64.7 Å². The molecule has 440 valence electrons. The number of unbranched alkanes of at least 4 members (excludes halogenated alkanes) is 3. The maximum atomic E-state index is 12.9. The molecule has 0 bridgehead atoms. The Kier molecular flexibility index (Phi) is 20.4. The first-order valence-electron chi connectivity index (χ1n) is 33.4. The van der Waals surface area contributed by atoms with E-state index in [9.17, 15) is 4.79 Å². The highest BCUT2D eigenvalue weighted by Crippen LogP contribution is 2.70. The van der Waals surface area contributed by atoms with Crippen molar-refractivity contribution in [3.05, 3.63) is 11.6 Å². The highest BCUT2D eigenvalue weighted by Gasteiger charge is 2.62. The SMILES string of the molecule is C#CCN(C)CCCCCCO[Si](C)(C)OC(CC[C@H](C)C1CCC2C3CCC4C[C@@H](OC(=O)C(C)(C)C)CC[C@@]4(C)C3CC[C@]21C)OC1CCC2(C)C(=CCC3C2CCC2(C)C(C(C)CCC(CC)C(C)C)CCC32)C1. The number of ether oxygens (including phenoxy) is 2. The first kappa shape index (κ1) is 61.9. The summed E-state index contributed by atoms with van der Waals surface area (Å²) in [6.45, 7) is 36.5. The summed E-state index contributed by atoms with van der Waals surface area (Å²) in [6, 6.07) is 0.